The van der Waals surface area contributed by atoms with Crippen LogP contribution in [0.4, 0.5) is 0 Å². The zero-order valence-corrected chi connectivity index (χ0v) is 9.45. The van der Waals surface area contributed by atoms with Crippen LogP contribution in [0, 0.1) is 6.92 Å². The molecular formula is C12H10BrN. The minimum atomic E-state index is 0.996. The lowest BCUT2D eigenvalue weighted by atomic mass is 10.1. The van der Waals surface area contributed by atoms with Gasteiger partial charge < -0.3 is 0 Å². The summed E-state index contributed by atoms with van der Waals surface area (Å²) in [5.41, 5.74) is 3.40. The molecule has 0 bridgehead atoms. The maximum atomic E-state index is 4.34. The van der Waals surface area contributed by atoms with Crippen LogP contribution in [0.15, 0.2) is 47.1 Å². The first-order valence-corrected chi connectivity index (χ1v) is 5.24. The Kier molecular flexibility index (Phi) is 2.64. The van der Waals surface area contributed by atoms with E-state index in [4.69, 9.17) is 0 Å². The Labute approximate surface area is 91.9 Å². The van der Waals surface area contributed by atoms with Crippen LogP contribution in [-0.4, -0.2) is 4.98 Å². The van der Waals surface area contributed by atoms with Gasteiger partial charge in [0, 0.05) is 16.2 Å². The van der Waals surface area contributed by atoms with Crippen molar-refractivity contribution in [2.45, 2.75) is 6.92 Å². The van der Waals surface area contributed by atoms with Crippen molar-refractivity contribution in [2.75, 3.05) is 0 Å². The number of hydrogen-bond donors (Lipinski definition) is 0. The zero-order chi connectivity index (χ0) is 9.97. The van der Waals surface area contributed by atoms with Crippen LogP contribution in [0.1, 0.15) is 5.56 Å². The Morgan fingerprint density at radius 3 is 2.71 bits per heavy atom. The molecule has 14 heavy (non-hydrogen) atoms. The van der Waals surface area contributed by atoms with E-state index in [1.807, 2.05) is 24.4 Å². The Balaban J connectivity index is 2.55. The molecule has 1 nitrogen and oxygen atoms in total. The van der Waals surface area contributed by atoms with Gasteiger partial charge in [-0.05, 0) is 41.1 Å². The molecule has 0 aliphatic rings. The van der Waals surface area contributed by atoms with Crippen molar-refractivity contribution in [3.63, 3.8) is 0 Å². The maximum absolute atomic E-state index is 4.34. The van der Waals surface area contributed by atoms with Crippen LogP contribution < -0.4 is 0 Å². The molecule has 0 aliphatic heterocycles. The Morgan fingerprint density at radius 1 is 1.14 bits per heavy atom. The second-order valence-electron chi connectivity index (χ2n) is 3.20. The van der Waals surface area contributed by atoms with Crippen LogP contribution in [0.25, 0.3) is 11.3 Å². The van der Waals surface area contributed by atoms with E-state index in [0.717, 1.165) is 15.7 Å². The van der Waals surface area contributed by atoms with E-state index < -0.39 is 0 Å². The highest BCUT2D eigenvalue weighted by atomic mass is 79.9. The molecule has 0 aliphatic carbocycles. The van der Waals surface area contributed by atoms with Crippen molar-refractivity contribution < 1.29 is 0 Å². The van der Waals surface area contributed by atoms with Gasteiger partial charge in [-0.3, -0.25) is 4.98 Å². The zero-order valence-electron chi connectivity index (χ0n) is 7.87. The molecule has 2 heteroatoms. The third kappa shape index (κ3) is 1.85. The standard InChI is InChI=1S/C12H10BrN/c1-9-4-2-5-10(8-9)12-11(13)6-3-7-14-12/h2-8H,1H3. The molecule has 1 aromatic carbocycles. The topological polar surface area (TPSA) is 12.9 Å². The van der Waals surface area contributed by atoms with Gasteiger partial charge in [0.05, 0.1) is 5.69 Å². The van der Waals surface area contributed by atoms with Crippen molar-refractivity contribution in [1.29, 1.82) is 0 Å². The molecular weight excluding hydrogens is 238 g/mol. The normalized spacial score (nSPS) is 10.1. The predicted molar refractivity (Wildman–Crippen MR) is 62.1 cm³/mol. The quantitative estimate of drug-likeness (QED) is 0.747. The largest absolute Gasteiger partial charge is 0.255 e. The van der Waals surface area contributed by atoms with Gasteiger partial charge in [0.15, 0.2) is 0 Å². The fraction of sp³-hybridized carbons (Fsp3) is 0.0833. The first-order valence-electron chi connectivity index (χ1n) is 4.45. The van der Waals surface area contributed by atoms with Crippen molar-refractivity contribution >= 4 is 15.9 Å². The average Bonchev–Trinajstić information content (AvgIpc) is 2.18. The van der Waals surface area contributed by atoms with Gasteiger partial charge >= 0.3 is 0 Å². The molecule has 0 N–H and O–H groups in total. The second kappa shape index (κ2) is 3.93. The first-order chi connectivity index (χ1) is 6.77. The summed E-state index contributed by atoms with van der Waals surface area (Å²) in [5.74, 6) is 0. The number of nitrogens with zero attached hydrogens (tertiary/aromatic N) is 1. The minimum Gasteiger partial charge on any atom is -0.255 e. The van der Waals surface area contributed by atoms with Crippen molar-refractivity contribution in [3.8, 4) is 11.3 Å². The average molecular weight is 248 g/mol. The summed E-state index contributed by atoms with van der Waals surface area (Å²) in [7, 11) is 0. The number of rotatable bonds is 1. The highest BCUT2D eigenvalue weighted by molar-refractivity contribution is 9.10. The molecule has 0 spiro atoms. The summed E-state index contributed by atoms with van der Waals surface area (Å²) >= 11 is 3.50. The van der Waals surface area contributed by atoms with Gasteiger partial charge in [-0.15, -0.1) is 0 Å². The number of benzene rings is 1. The molecule has 0 unspecified atom stereocenters. The SMILES string of the molecule is Cc1cccc(-c2ncccc2Br)c1. The van der Waals surface area contributed by atoms with Gasteiger partial charge in [-0.25, -0.2) is 0 Å². The summed E-state index contributed by atoms with van der Waals surface area (Å²) in [6.45, 7) is 2.08. The molecule has 0 saturated heterocycles. The van der Waals surface area contributed by atoms with Crippen LogP contribution in [-0.2, 0) is 0 Å². The lowest BCUT2D eigenvalue weighted by Crippen LogP contribution is -1.84. The van der Waals surface area contributed by atoms with Gasteiger partial charge in [-0.1, -0.05) is 23.8 Å². The first kappa shape index (κ1) is 9.41. The molecule has 1 heterocycles. The molecule has 0 atom stereocenters. The van der Waals surface area contributed by atoms with Crippen LogP contribution in [0.3, 0.4) is 0 Å². The summed E-state index contributed by atoms with van der Waals surface area (Å²) < 4.78 is 1.03. The van der Waals surface area contributed by atoms with E-state index in [1.165, 1.54) is 5.56 Å². The third-order valence-electron chi connectivity index (χ3n) is 2.05. The van der Waals surface area contributed by atoms with Gasteiger partial charge in [-0.2, -0.15) is 0 Å². The Morgan fingerprint density at radius 2 is 2.00 bits per heavy atom. The van der Waals surface area contributed by atoms with E-state index in [1.54, 1.807) is 0 Å². The fourth-order valence-corrected chi connectivity index (χ4v) is 1.87. The molecule has 2 rings (SSSR count). The van der Waals surface area contributed by atoms with Crippen molar-refractivity contribution in [1.82, 2.24) is 4.98 Å². The number of pyridine rings is 1. The van der Waals surface area contributed by atoms with E-state index in [0.29, 0.717) is 0 Å². The Bertz CT molecular complexity index is 452. The monoisotopic (exact) mass is 247 g/mol. The number of aryl methyl sites for hydroxylation is 1. The molecule has 0 radical (unpaired) electrons. The smallest absolute Gasteiger partial charge is 0.0843 e. The number of halogens is 1. The highest BCUT2D eigenvalue weighted by Gasteiger charge is 2.02. The van der Waals surface area contributed by atoms with Crippen LogP contribution in [0.2, 0.25) is 0 Å². The summed E-state index contributed by atoms with van der Waals surface area (Å²) in [6, 6.07) is 12.3. The van der Waals surface area contributed by atoms with Crippen LogP contribution in [0.5, 0.6) is 0 Å². The van der Waals surface area contributed by atoms with E-state index in [2.05, 4.69) is 46.0 Å². The molecule has 2 aromatic rings. The van der Waals surface area contributed by atoms with Crippen molar-refractivity contribution in [3.05, 3.63) is 52.6 Å². The van der Waals surface area contributed by atoms with E-state index >= 15 is 0 Å². The molecule has 0 saturated carbocycles. The van der Waals surface area contributed by atoms with E-state index in [-0.39, 0.29) is 0 Å². The summed E-state index contributed by atoms with van der Waals surface area (Å²) in [4.78, 5) is 4.34. The molecule has 1 aromatic heterocycles. The lowest BCUT2D eigenvalue weighted by Gasteiger charge is -2.03. The summed E-state index contributed by atoms with van der Waals surface area (Å²) in [6.07, 6.45) is 1.81. The minimum absolute atomic E-state index is 0.996. The number of hydrogen-bond acceptors (Lipinski definition) is 1. The Hall–Kier alpha value is -1.15. The second-order valence-corrected chi connectivity index (χ2v) is 4.06. The van der Waals surface area contributed by atoms with Gasteiger partial charge in [0.25, 0.3) is 0 Å². The lowest BCUT2D eigenvalue weighted by molar-refractivity contribution is 1.30. The predicted octanol–water partition coefficient (Wildman–Crippen LogP) is 3.82. The summed E-state index contributed by atoms with van der Waals surface area (Å²) in [5, 5.41) is 0. The highest BCUT2D eigenvalue weighted by Crippen LogP contribution is 2.25. The van der Waals surface area contributed by atoms with E-state index in [9.17, 15) is 0 Å². The molecule has 0 amide bonds. The fourth-order valence-electron chi connectivity index (χ4n) is 1.39. The molecule has 0 fully saturated rings. The van der Waals surface area contributed by atoms with Crippen LogP contribution >= 0.6 is 15.9 Å². The third-order valence-corrected chi connectivity index (χ3v) is 2.69. The molecule has 70 valence electrons. The van der Waals surface area contributed by atoms with Crippen molar-refractivity contribution in [2.24, 2.45) is 0 Å². The van der Waals surface area contributed by atoms with Gasteiger partial charge in [0.2, 0.25) is 0 Å². The van der Waals surface area contributed by atoms with Gasteiger partial charge in [0.1, 0.15) is 0 Å². The maximum Gasteiger partial charge on any atom is 0.0843 e. The number of aromatic nitrogens is 1.